The lowest BCUT2D eigenvalue weighted by Crippen LogP contribution is -2.35. The highest BCUT2D eigenvalue weighted by molar-refractivity contribution is 6.18. The molecule has 0 spiro atoms. The molecule has 0 fully saturated rings. The average Bonchev–Trinajstić information content (AvgIpc) is 2.34. The second kappa shape index (κ2) is 11.0. The molecule has 0 N–H and O–H groups in total. The third-order valence-electron chi connectivity index (χ3n) is 1.70. The van der Waals surface area contributed by atoms with Crippen molar-refractivity contribution in [1.29, 1.82) is 0 Å². The van der Waals surface area contributed by atoms with Crippen molar-refractivity contribution < 1.29 is 19.1 Å². The molecule has 0 aromatic rings. The fourth-order valence-corrected chi connectivity index (χ4v) is 1.37. The molecule has 0 aliphatic rings. The Hall–Kier alpha value is -1.12. The van der Waals surface area contributed by atoms with Crippen LogP contribution in [0.3, 0.4) is 0 Å². The van der Waals surface area contributed by atoms with Crippen molar-refractivity contribution in [3.63, 3.8) is 0 Å². The van der Waals surface area contributed by atoms with Crippen LogP contribution in [0, 0.1) is 11.8 Å². The molecular formula is C11H15Cl2NO4. The van der Waals surface area contributed by atoms with Crippen LogP contribution < -0.4 is 0 Å². The van der Waals surface area contributed by atoms with Crippen LogP contribution in [-0.4, -0.2) is 55.0 Å². The number of alkyl halides is 2. The maximum absolute atomic E-state index is 11.5. The van der Waals surface area contributed by atoms with Gasteiger partial charge in [-0.3, -0.25) is 0 Å². The first-order valence-electron chi connectivity index (χ1n) is 5.35. The van der Waals surface area contributed by atoms with E-state index in [1.54, 1.807) is 6.92 Å². The fourth-order valence-electron chi connectivity index (χ4n) is 0.963. The number of nitrogens with zero attached hydrogens (tertiary/aromatic N) is 1. The molecule has 0 aromatic carbocycles. The third-order valence-corrected chi connectivity index (χ3v) is 2.04. The van der Waals surface area contributed by atoms with Gasteiger partial charge in [0.2, 0.25) is 0 Å². The largest absolute Gasteiger partial charge is 0.456 e. The zero-order valence-electron chi connectivity index (χ0n) is 10.1. The van der Waals surface area contributed by atoms with E-state index in [9.17, 15) is 9.59 Å². The van der Waals surface area contributed by atoms with Crippen LogP contribution in [0.2, 0.25) is 0 Å². The molecule has 102 valence electrons. The lowest BCUT2D eigenvalue weighted by Gasteiger charge is -2.18. The summed E-state index contributed by atoms with van der Waals surface area (Å²) in [5.74, 6) is 4.50. The SMILES string of the molecule is CCOC(=O)C#CCOC(=O)N(CCCl)CCCl. The minimum absolute atomic E-state index is 0.182. The molecule has 1 amide bonds. The topological polar surface area (TPSA) is 55.8 Å². The van der Waals surface area contributed by atoms with Gasteiger partial charge in [0.25, 0.3) is 0 Å². The summed E-state index contributed by atoms with van der Waals surface area (Å²) in [6, 6.07) is 0. The van der Waals surface area contributed by atoms with Gasteiger partial charge in [-0.2, -0.15) is 0 Å². The number of halogens is 2. The predicted molar refractivity (Wildman–Crippen MR) is 68.8 cm³/mol. The van der Waals surface area contributed by atoms with Crippen molar-refractivity contribution in [3.05, 3.63) is 0 Å². The van der Waals surface area contributed by atoms with Gasteiger partial charge in [-0.25, -0.2) is 9.59 Å². The van der Waals surface area contributed by atoms with Crippen LogP contribution in [-0.2, 0) is 14.3 Å². The van der Waals surface area contributed by atoms with E-state index in [1.807, 2.05) is 0 Å². The van der Waals surface area contributed by atoms with Gasteiger partial charge in [-0.15, -0.1) is 23.2 Å². The van der Waals surface area contributed by atoms with Crippen molar-refractivity contribution in [2.24, 2.45) is 0 Å². The Labute approximate surface area is 116 Å². The zero-order chi connectivity index (χ0) is 13.8. The first-order valence-corrected chi connectivity index (χ1v) is 6.41. The molecule has 0 aliphatic carbocycles. The molecule has 0 saturated heterocycles. The molecule has 0 saturated carbocycles. The minimum atomic E-state index is -0.646. The van der Waals surface area contributed by atoms with Crippen LogP contribution in [0.15, 0.2) is 0 Å². The van der Waals surface area contributed by atoms with E-state index in [4.69, 9.17) is 27.9 Å². The lowest BCUT2D eigenvalue weighted by atomic mass is 10.5. The Morgan fingerprint density at radius 2 is 1.78 bits per heavy atom. The van der Waals surface area contributed by atoms with Gasteiger partial charge in [0, 0.05) is 30.8 Å². The maximum atomic E-state index is 11.5. The predicted octanol–water partition coefficient (Wildman–Crippen LogP) is 1.47. The lowest BCUT2D eigenvalue weighted by molar-refractivity contribution is -0.136. The monoisotopic (exact) mass is 295 g/mol. The second-order valence-corrected chi connectivity index (χ2v) is 3.70. The van der Waals surface area contributed by atoms with Crippen LogP contribution in [0.25, 0.3) is 0 Å². The van der Waals surface area contributed by atoms with Gasteiger partial charge in [-0.1, -0.05) is 0 Å². The number of esters is 1. The number of amides is 1. The number of hydrogen-bond donors (Lipinski definition) is 0. The van der Waals surface area contributed by atoms with E-state index in [1.165, 1.54) is 4.90 Å². The minimum Gasteiger partial charge on any atom is -0.456 e. The fraction of sp³-hybridized carbons (Fsp3) is 0.636. The van der Waals surface area contributed by atoms with E-state index in [0.29, 0.717) is 24.8 Å². The Bertz CT molecular complexity index is 319. The average molecular weight is 296 g/mol. The van der Waals surface area contributed by atoms with Crippen molar-refractivity contribution in [2.45, 2.75) is 6.92 Å². The Morgan fingerprint density at radius 3 is 2.28 bits per heavy atom. The molecule has 5 nitrogen and oxygen atoms in total. The van der Waals surface area contributed by atoms with Gasteiger partial charge < -0.3 is 14.4 Å². The highest BCUT2D eigenvalue weighted by Crippen LogP contribution is 1.96. The summed E-state index contributed by atoms with van der Waals surface area (Å²) in [7, 11) is 0. The van der Waals surface area contributed by atoms with E-state index in [0.717, 1.165) is 0 Å². The van der Waals surface area contributed by atoms with Gasteiger partial charge in [0.15, 0.2) is 6.61 Å². The zero-order valence-corrected chi connectivity index (χ0v) is 11.6. The molecule has 0 atom stereocenters. The summed E-state index contributed by atoms with van der Waals surface area (Å²) < 4.78 is 9.40. The van der Waals surface area contributed by atoms with Gasteiger partial charge in [0.05, 0.1) is 6.61 Å². The molecule has 0 unspecified atom stereocenters. The summed E-state index contributed by atoms with van der Waals surface area (Å²) in [6.45, 7) is 2.44. The molecule has 0 radical (unpaired) electrons. The Morgan fingerprint density at radius 1 is 1.17 bits per heavy atom. The summed E-state index contributed by atoms with van der Waals surface area (Å²) >= 11 is 11.1. The standard InChI is InChI=1S/C11H15Cl2NO4/c1-2-17-10(15)4-3-9-18-11(16)14(7-5-12)8-6-13/h2,5-9H2,1H3. The summed E-state index contributed by atoms with van der Waals surface area (Å²) in [6.07, 6.45) is -0.561. The first-order chi connectivity index (χ1) is 8.65. The quantitative estimate of drug-likeness (QED) is 0.322. The molecule has 18 heavy (non-hydrogen) atoms. The van der Waals surface area contributed by atoms with Crippen molar-refractivity contribution in [3.8, 4) is 11.8 Å². The van der Waals surface area contributed by atoms with Crippen LogP contribution in [0.5, 0.6) is 0 Å². The number of carbonyl (C=O) groups excluding carboxylic acids is 2. The van der Waals surface area contributed by atoms with Crippen molar-refractivity contribution >= 4 is 35.3 Å². The smallest absolute Gasteiger partial charge is 0.410 e. The van der Waals surface area contributed by atoms with Gasteiger partial charge in [0.1, 0.15) is 0 Å². The highest BCUT2D eigenvalue weighted by atomic mass is 35.5. The third kappa shape index (κ3) is 8.04. The highest BCUT2D eigenvalue weighted by Gasteiger charge is 2.12. The second-order valence-electron chi connectivity index (χ2n) is 2.94. The van der Waals surface area contributed by atoms with Crippen LogP contribution >= 0.6 is 23.2 Å². The summed E-state index contributed by atoms with van der Waals surface area (Å²) in [5.41, 5.74) is 0. The van der Waals surface area contributed by atoms with Crippen LogP contribution in [0.4, 0.5) is 4.79 Å². The van der Waals surface area contributed by atoms with Gasteiger partial charge in [-0.05, 0) is 12.8 Å². The summed E-state index contributed by atoms with van der Waals surface area (Å²) in [4.78, 5) is 23.7. The van der Waals surface area contributed by atoms with Crippen molar-refractivity contribution in [1.82, 2.24) is 4.90 Å². The van der Waals surface area contributed by atoms with E-state index < -0.39 is 12.1 Å². The number of rotatable bonds is 6. The van der Waals surface area contributed by atoms with E-state index in [2.05, 4.69) is 16.6 Å². The molecule has 0 aliphatic heterocycles. The molecule has 7 heteroatoms. The molecule has 0 rings (SSSR count). The van der Waals surface area contributed by atoms with E-state index in [-0.39, 0.29) is 13.2 Å². The normalized spacial score (nSPS) is 9.06. The molecule has 0 aromatic heterocycles. The molecule has 0 bridgehead atoms. The maximum Gasteiger partial charge on any atom is 0.410 e. The number of carbonyl (C=O) groups is 2. The van der Waals surface area contributed by atoms with Gasteiger partial charge >= 0.3 is 12.1 Å². The van der Waals surface area contributed by atoms with Crippen LogP contribution in [0.1, 0.15) is 6.92 Å². The van der Waals surface area contributed by atoms with E-state index >= 15 is 0 Å². The summed E-state index contributed by atoms with van der Waals surface area (Å²) in [5, 5.41) is 0. The molecule has 0 heterocycles. The Kier molecular flexibility index (Phi) is 10.3. The molecular weight excluding hydrogens is 281 g/mol. The van der Waals surface area contributed by atoms with Crippen molar-refractivity contribution in [2.75, 3.05) is 38.1 Å². The first kappa shape index (κ1) is 16.9. The Balaban J connectivity index is 4.03. The number of ether oxygens (including phenoxy) is 2. The number of hydrogen-bond acceptors (Lipinski definition) is 4.